The van der Waals surface area contributed by atoms with Gasteiger partial charge in [-0.25, -0.2) is 9.18 Å². The number of carbonyl (C=O) groups excluding carboxylic acids is 1. The minimum absolute atomic E-state index is 0.0235. The number of ether oxygens (including phenoxy) is 1. The molecule has 0 bridgehead atoms. The molecule has 0 radical (unpaired) electrons. The maximum absolute atomic E-state index is 14.9. The van der Waals surface area contributed by atoms with Crippen molar-refractivity contribution < 1.29 is 23.8 Å². The number of aliphatic carboxylic acids is 1. The molecule has 0 unspecified atom stereocenters. The molecule has 3 aromatic rings. The van der Waals surface area contributed by atoms with Crippen LogP contribution in [0.1, 0.15) is 40.7 Å². The van der Waals surface area contributed by atoms with Crippen molar-refractivity contribution >= 4 is 22.6 Å². The average molecular weight is 419 g/mol. The number of halogens is 1. The van der Waals surface area contributed by atoms with Crippen molar-refractivity contribution in [2.24, 2.45) is 0 Å². The lowest BCUT2D eigenvalue weighted by molar-refractivity contribution is -0.144. The van der Waals surface area contributed by atoms with Crippen molar-refractivity contribution in [3.63, 3.8) is 0 Å². The van der Waals surface area contributed by atoms with Crippen LogP contribution >= 0.6 is 0 Å². The SMILES string of the molecule is O=C(NC1(C(=O)O)Cc2ccccc2C1)c1cc(F)c2ccccc2c1OC1CCC1. The molecule has 158 valence electrons. The Bertz CT molecular complexity index is 1180. The van der Waals surface area contributed by atoms with Gasteiger partial charge in [0.25, 0.3) is 5.91 Å². The third-order valence-corrected chi connectivity index (χ3v) is 6.39. The number of nitrogens with one attached hydrogen (secondary N) is 1. The predicted molar refractivity (Wildman–Crippen MR) is 114 cm³/mol. The molecule has 31 heavy (non-hydrogen) atoms. The first-order valence-corrected chi connectivity index (χ1v) is 10.5. The van der Waals surface area contributed by atoms with Gasteiger partial charge in [0, 0.05) is 23.6 Å². The average Bonchev–Trinajstić information content (AvgIpc) is 3.11. The summed E-state index contributed by atoms with van der Waals surface area (Å²) in [4.78, 5) is 25.6. The minimum Gasteiger partial charge on any atom is -0.489 e. The van der Waals surface area contributed by atoms with E-state index in [1.165, 1.54) is 0 Å². The van der Waals surface area contributed by atoms with Crippen LogP contribution in [0.4, 0.5) is 4.39 Å². The van der Waals surface area contributed by atoms with Gasteiger partial charge in [-0.05, 0) is 36.5 Å². The zero-order chi connectivity index (χ0) is 21.6. The lowest BCUT2D eigenvalue weighted by Crippen LogP contribution is -2.55. The number of hydrogen-bond acceptors (Lipinski definition) is 3. The van der Waals surface area contributed by atoms with E-state index in [0.717, 1.165) is 36.5 Å². The summed E-state index contributed by atoms with van der Waals surface area (Å²) in [5, 5.41) is 13.6. The first-order chi connectivity index (χ1) is 15.0. The van der Waals surface area contributed by atoms with Gasteiger partial charge < -0.3 is 15.2 Å². The third-order valence-electron chi connectivity index (χ3n) is 6.39. The Balaban J connectivity index is 1.55. The molecule has 0 spiro atoms. The molecule has 6 heteroatoms. The largest absolute Gasteiger partial charge is 0.489 e. The smallest absolute Gasteiger partial charge is 0.330 e. The number of carboxylic acids is 1. The maximum Gasteiger partial charge on any atom is 0.330 e. The summed E-state index contributed by atoms with van der Waals surface area (Å²) in [5.41, 5.74) is 0.331. The van der Waals surface area contributed by atoms with Gasteiger partial charge in [-0.3, -0.25) is 4.79 Å². The first kappa shape index (κ1) is 19.5. The van der Waals surface area contributed by atoms with Crippen LogP contribution in [0, 0.1) is 5.82 Å². The fraction of sp³-hybridized carbons (Fsp3) is 0.280. The highest BCUT2D eigenvalue weighted by molar-refractivity contribution is 6.05. The van der Waals surface area contributed by atoms with E-state index < -0.39 is 23.2 Å². The van der Waals surface area contributed by atoms with Crippen LogP contribution < -0.4 is 10.1 Å². The quantitative estimate of drug-likeness (QED) is 0.648. The summed E-state index contributed by atoms with van der Waals surface area (Å²) in [5.74, 6) is -1.98. The van der Waals surface area contributed by atoms with E-state index in [-0.39, 0.29) is 24.5 Å². The van der Waals surface area contributed by atoms with E-state index in [0.29, 0.717) is 16.5 Å². The summed E-state index contributed by atoms with van der Waals surface area (Å²) in [6, 6.07) is 15.5. The van der Waals surface area contributed by atoms with Crippen molar-refractivity contribution in [2.45, 2.75) is 43.7 Å². The highest BCUT2D eigenvalue weighted by atomic mass is 19.1. The summed E-state index contributed by atoms with van der Waals surface area (Å²) in [7, 11) is 0. The molecule has 0 saturated heterocycles. The first-order valence-electron chi connectivity index (χ1n) is 10.5. The van der Waals surface area contributed by atoms with Crippen LogP contribution in [0.5, 0.6) is 5.75 Å². The number of fused-ring (bicyclic) bond motifs is 2. The molecule has 3 aromatic carbocycles. The lowest BCUT2D eigenvalue weighted by Gasteiger charge is -2.29. The van der Waals surface area contributed by atoms with Crippen molar-refractivity contribution in [1.29, 1.82) is 0 Å². The number of carbonyl (C=O) groups is 2. The van der Waals surface area contributed by atoms with E-state index in [1.807, 2.05) is 24.3 Å². The van der Waals surface area contributed by atoms with Crippen molar-refractivity contribution in [3.8, 4) is 5.75 Å². The summed E-state index contributed by atoms with van der Waals surface area (Å²) < 4.78 is 21.0. The monoisotopic (exact) mass is 419 g/mol. The van der Waals surface area contributed by atoms with Crippen LogP contribution in [-0.2, 0) is 17.6 Å². The van der Waals surface area contributed by atoms with Crippen LogP contribution in [0.3, 0.4) is 0 Å². The predicted octanol–water partition coefficient (Wildman–Crippen LogP) is 4.26. The number of benzene rings is 3. The summed E-state index contributed by atoms with van der Waals surface area (Å²) >= 11 is 0. The Morgan fingerprint density at radius 1 is 1.00 bits per heavy atom. The van der Waals surface area contributed by atoms with Gasteiger partial charge in [0.2, 0.25) is 0 Å². The summed E-state index contributed by atoms with van der Waals surface area (Å²) in [6.07, 6.45) is 3.14. The van der Waals surface area contributed by atoms with E-state index in [9.17, 15) is 19.1 Å². The molecule has 5 rings (SSSR count). The van der Waals surface area contributed by atoms with Crippen molar-refractivity contribution in [1.82, 2.24) is 5.32 Å². The molecule has 2 aliphatic carbocycles. The zero-order valence-electron chi connectivity index (χ0n) is 16.9. The minimum atomic E-state index is -1.48. The Kier molecular flexibility index (Phi) is 4.65. The van der Waals surface area contributed by atoms with E-state index in [2.05, 4.69) is 5.32 Å². The number of amides is 1. The Labute approximate surface area is 178 Å². The molecule has 1 amide bonds. The normalized spacial score (nSPS) is 17.1. The van der Waals surface area contributed by atoms with Gasteiger partial charge in [0.15, 0.2) is 0 Å². The molecule has 0 aliphatic heterocycles. The fourth-order valence-electron chi connectivity index (χ4n) is 4.45. The highest BCUT2D eigenvalue weighted by Crippen LogP contribution is 2.37. The zero-order valence-corrected chi connectivity index (χ0v) is 16.9. The van der Waals surface area contributed by atoms with Gasteiger partial charge in [-0.2, -0.15) is 0 Å². The molecule has 5 nitrogen and oxygen atoms in total. The van der Waals surface area contributed by atoms with E-state index >= 15 is 0 Å². The second-order valence-corrected chi connectivity index (χ2v) is 8.42. The van der Waals surface area contributed by atoms with Crippen molar-refractivity contribution in [2.75, 3.05) is 0 Å². The second-order valence-electron chi connectivity index (χ2n) is 8.42. The fourth-order valence-corrected chi connectivity index (χ4v) is 4.45. The maximum atomic E-state index is 14.9. The molecular formula is C25H22FNO4. The Morgan fingerprint density at radius 3 is 2.19 bits per heavy atom. The van der Waals surface area contributed by atoms with Gasteiger partial charge in [-0.15, -0.1) is 0 Å². The highest BCUT2D eigenvalue weighted by Gasteiger charge is 2.46. The molecule has 1 fully saturated rings. The Morgan fingerprint density at radius 2 is 1.61 bits per heavy atom. The van der Waals surface area contributed by atoms with Crippen LogP contribution in [0.25, 0.3) is 10.8 Å². The number of carboxylic acid groups (broad SMARTS) is 1. The van der Waals surface area contributed by atoms with Gasteiger partial charge >= 0.3 is 5.97 Å². The van der Waals surface area contributed by atoms with Crippen LogP contribution in [-0.4, -0.2) is 28.6 Å². The molecule has 0 heterocycles. The van der Waals surface area contributed by atoms with Crippen molar-refractivity contribution in [3.05, 3.63) is 77.1 Å². The van der Waals surface area contributed by atoms with E-state index in [4.69, 9.17) is 4.74 Å². The number of rotatable bonds is 5. The van der Waals surface area contributed by atoms with E-state index in [1.54, 1.807) is 24.3 Å². The molecular weight excluding hydrogens is 397 g/mol. The molecule has 2 N–H and O–H groups in total. The van der Waals surface area contributed by atoms with Crippen LogP contribution in [0.2, 0.25) is 0 Å². The third kappa shape index (κ3) is 3.32. The number of hydrogen-bond donors (Lipinski definition) is 2. The molecule has 0 aromatic heterocycles. The second kappa shape index (κ2) is 7.38. The van der Waals surface area contributed by atoms with Gasteiger partial charge in [0.1, 0.15) is 17.1 Å². The molecule has 1 saturated carbocycles. The standard InChI is InChI=1S/C25H22FNO4/c26-21-12-20(22(31-17-8-5-9-17)19-11-4-3-10-18(19)21)23(28)27-25(24(29)30)13-15-6-1-2-7-16(15)14-25/h1-4,6-7,10-12,17H,5,8-9,13-14H2,(H,27,28)(H,29,30). The van der Waals surface area contributed by atoms with Gasteiger partial charge in [0.05, 0.1) is 11.7 Å². The van der Waals surface area contributed by atoms with Crippen LogP contribution in [0.15, 0.2) is 54.6 Å². The van der Waals surface area contributed by atoms with Gasteiger partial charge in [-0.1, -0.05) is 48.5 Å². The lowest BCUT2D eigenvalue weighted by atomic mass is 9.94. The Hall–Kier alpha value is -3.41. The topological polar surface area (TPSA) is 75.6 Å². The molecule has 0 atom stereocenters. The molecule has 2 aliphatic rings. The summed E-state index contributed by atoms with van der Waals surface area (Å²) in [6.45, 7) is 0.